The second-order valence-electron chi connectivity index (χ2n) is 6.56. The Morgan fingerprint density at radius 1 is 1.14 bits per heavy atom. The van der Waals surface area contributed by atoms with Gasteiger partial charge < -0.3 is 0 Å². The van der Waals surface area contributed by atoms with Crippen LogP contribution >= 0.6 is 0 Å². The Kier molecular flexibility index (Phi) is 3.74. The standard InChI is InChI=1S/C9H16N.3CH3.Sn/c1-5-8-6-10(7-8)9(2,3)4;;;;/h1,5,8H,6-7H2,2-4H3;3*1H3;. The van der Waals surface area contributed by atoms with Crippen LogP contribution in [0.25, 0.3) is 0 Å². The van der Waals surface area contributed by atoms with Crippen molar-refractivity contribution in [2.75, 3.05) is 13.1 Å². The summed E-state index contributed by atoms with van der Waals surface area (Å²) in [6, 6.07) is 0. The van der Waals surface area contributed by atoms with Gasteiger partial charge in [0, 0.05) is 0 Å². The average molecular weight is 302 g/mol. The van der Waals surface area contributed by atoms with Gasteiger partial charge >= 0.3 is 93.6 Å². The SMILES string of the molecule is CC(C)(C)N1CC(/C=[CH]/[Sn]([CH3])([CH3])[CH3])C1. The molecule has 1 saturated heterocycles. The molecule has 0 amide bonds. The van der Waals surface area contributed by atoms with Crippen LogP contribution in [0.5, 0.6) is 0 Å². The summed E-state index contributed by atoms with van der Waals surface area (Å²) in [5.74, 6) is 0.838. The molecule has 2 heteroatoms. The Morgan fingerprint density at radius 3 is 2.00 bits per heavy atom. The molecule has 0 spiro atoms. The van der Waals surface area contributed by atoms with Crippen molar-refractivity contribution in [2.24, 2.45) is 5.92 Å². The number of rotatable bonds is 2. The van der Waals surface area contributed by atoms with Crippen molar-refractivity contribution in [2.45, 2.75) is 41.1 Å². The molecule has 0 N–H and O–H groups in total. The molecule has 1 rings (SSSR count). The van der Waals surface area contributed by atoms with E-state index in [0.717, 1.165) is 5.92 Å². The van der Waals surface area contributed by atoms with E-state index in [4.69, 9.17) is 0 Å². The molecule has 0 atom stereocenters. The zero-order valence-electron chi connectivity index (χ0n) is 10.6. The van der Waals surface area contributed by atoms with E-state index in [1.807, 2.05) is 0 Å². The number of hydrogen-bond donors (Lipinski definition) is 0. The second-order valence-corrected chi connectivity index (χ2v) is 21.0. The van der Waals surface area contributed by atoms with Crippen LogP contribution in [-0.2, 0) is 0 Å². The Labute approximate surface area is 93.4 Å². The third-order valence-corrected chi connectivity index (χ3v) is 6.13. The molecule has 0 saturated carbocycles. The molecule has 1 aliphatic heterocycles. The summed E-state index contributed by atoms with van der Waals surface area (Å²) < 4.78 is 2.55. The zero-order chi connectivity index (χ0) is 11.0. The molecule has 0 bridgehead atoms. The molecule has 0 aromatic carbocycles. The van der Waals surface area contributed by atoms with Crippen molar-refractivity contribution >= 4 is 18.4 Å². The molecule has 82 valence electrons. The Balaban J connectivity index is 2.33. The van der Waals surface area contributed by atoms with Gasteiger partial charge in [-0.2, -0.15) is 0 Å². The molecule has 14 heavy (non-hydrogen) atoms. The zero-order valence-corrected chi connectivity index (χ0v) is 13.4. The predicted octanol–water partition coefficient (Wildman–Crippen LogP) is 3.15. The first kappa shape index (κ1) is 12.6. The molecular weight excluding hydrogens is 277 g/mol. The predicted molar refractivity (Wildman–Crippen MR) is 67.3 cm³/mol. The molecule has 0 aromatic heterocycles. The topological polar surface area (TPSA) is 3.24 Å². The molecule has 0 aromatic rings. The normalized spacial score (nSPS) is 21.6. The first-order valence-corrected chi connectivity index (χ1v) is 15.8. The van der Waals surface area contributed by atoms with Gasteiger partial charge in [0.1, 0.15) is 0 Å². The molecular formula is C12H25NSn. The molecule has 0 unspecified atom stereocenters. The van der Waals surface area contributed by atoms with Crippen LogP contribution < -0.4 is 0 Å². The summed E-state index contributed by atoms with van der Waals surface area (Å²) in [5, 5.41) is 0. The minimum absolute atomic E-state index is 0.370. The minimum atomic E-state index is -1.64. The van der Waals surface area contributed by atoms with Crippen LogP contribution in [0.3, 0.4) is 0 Å². The molecule has 1 aliphatic rings. The van der Waals surface area contributed by atoms with Gasteiger partial charge in [-0.15, -0.1) is 0 Å². The van der Waals surface area contributed by atoms with E-state index in [1.54, 1.807) is 0 Å². The van der Waals surface area contributed by atoms with Gasteiger partial charge in [-0.3, -0.25) is 0 Å². The van der Waals surface area contributed by atoms with Gasteiger partial charge in [0.05, 0.1) is 0 Å². The van der Waals surface area contributed by atoms with Crippen molar-refractivity contribution < 1.29 is 0 Å². The van der Waals surface area contributed by atoms with E-state index in [-0.39, 0.29) is 0 Å². The molecule has 1 nitrogen and oxygen atoms in total. The number of hydrogen-bond acceptors (Lipinski definition) is 1. The Bertz CT molecular complexity index is 213. The maximum atomic E-state index is 2.56. The summed E-state index contributed by atoms with van der Waals surface area (Å²) in [4.78, 5) is 9.95. The summed E-state index contributed by atoms with van der Waals surface area (Å²) >= 11 is -1.64. The Morgan fingerprint density at radius 2 is 1.64 bits per heavy atom. The van der Waals surface area contributed by atoms with Crippen LogP contribution in [0.15, 0.2) is 10.2 Å². The summed E-state index contributed by atoms with van der Waals surface area (Å²) in [6.07, 6.45) is 2.48. The maximum absolute atomic E-state index is 2.56. The van der Waals surface area contributed by atoms with Crippen LogP contribution in [-0.4, -0.2) is 41.9 Å². The second kappa shape index (κ2) is 4.17. The molecule has 1 heterocycles. The third kappa shape index (κ3) is 3.93. The van der Waals surface area contributed by atoms with Crippen molar-refractivity contribution in [3.8, 4) is 0 Å². The van der Waals surface area contributed by atoms with Gasteiger partial charge in [0.15, 0.2) is 0 Å². The first-order valence-electron chi connectivity index (χ1n) is 5.63. The monoisotopic (exact) mass is 303 g/mol. The number of nitrogens with zero attached hydrogens (tertiary/aromatic N) is 1. The van der Waals surface area contributed by atoms with Gasteiger partial charge in [-0.25, -0.2) is 0 Å². The molecule has 0 radical (unpaired) electrons. The molecule has 1 fully saturated rings. The third-order valence-electron chi connectivity index (χ3n) is 2.73. The number of likely N-dealkylation sites (tertiary alicyclic amines) is 1. The summed E-state index contributed by atoms with van der Waals surface area (Å²) in [5.41, 5.74) is 0.370. The van der Waals surface area contributed by atoms with E-state index in [2.05, 4.69) is 50.7 Å². The van der Waals surface area contributed by atoms with E-state index >= 15 is 0 Å². The van der Waals surface area contributed by atoms with E-state index in [9.17, 15) is 0 Å². The molecule has 0 aliphatic carbocycles. The first-order chi connectivity index (χ1) is 6.18. The van der Waals surface area contributed by atoms with Crippen LogP contribution in [0.4, 0.5) is 0 Å². The van der Waals surface area contributed by atoms with Gasteiger partial charge in [-0.05, 0) is 0 Å². The fraction of sp³-hybridized carbons (Fsp3) is 0.833. The van der Waals surface area contributed by atoms with Gasteiger partial charge in [0.25, 0.3) is 0 Å². The van der Waals surface area contributed by atoms with Crippen molar-refractivity contribution in [3.63, 3.8) is 0 Å². The summed E-state index contributed by atoms with van der Waals surface area (Å²) in [7, 11) is 0. The van der Waals surface area contributed by atoms with Gasteiger partial charge in [-0.1, -0.05) is 0 Å². The fourth-order valence-corrected chi connectivity index (χ4v) is 4.03. The average Bonchev–Trinajstić information content (AvgIpc) is 1.76. The van der Waals surface area contributed by atoms with Crippen molar-refractivity contribution in [1.82, 2.24) is 4.90 Å². The van der Waals surface area contributed by atoms with Crippen molar-refractivity contribution in [3.05, 3.63) is 10.2 Å². The fourth-order valence-electron chi connectivity index (χ4n) is 1.61. The van der Waals surface area contributed by atoms with E-state index < -0.39 is 18.4 Å². The van der Waals surface area contributed by atoms with Crippen LogP contribution in [0.1, 0.15) is 20.8 Å². The summed E-state index contributed by atoms with van der Waals surface area (Å²) in [6.45, 7) is 9.44. The quantitative estimate of drug-likeness (QED) is 0.708. The van der Waals surface area contributed by atoms with Crippen molar-refractivity contribution in [1.29, 1.82) is 0 Å². The van der Waals surface area contributed by atoms with Crippen LogP contribution in [0.2, 0.25) is 14.8 Å². The van der Waals surface area contributed by atoms with E-state index in [0.29, 0.717) is 5.54 Å². The van der Waals surface area contributed by atoms with Gasteiger partial charge in [0.2, 0.25) is 0 Å². The Hall–Kier alpha value is 0.499. The van der Waals surface area contributed by atoms with E-state index in [1.165, 1.54) is 13.1 Å². The van der Waals surface area contributed by atoms with Crippen LogP contribution in [0, 0.1) is 5.92 Å².